The molecular weight excluding hydrogens is 440 g/mol. The van der Waals surface area contributed by atoms with Crippen molar-refractivity contribution in [1.29, 1.82) is 5.26 Å². The molecule has 4 nitrogen and oxygen atoms in total. The Labute approximate surface area is 207 Å². The van der Waals surface area contributed by atoms with Gasteiger partial charge in [0.15, 0.2) is 0 Å². The molecule has 5 aromatic carbocycles. The maximum atomic E-state index is 10.4. The molecule has 0 fully saturated rings. The van der Waals surface area contributed by atoms with Gasteiger partial charge in [-0.15, -0.1) is 0 Å². The van der Waals surface area contributed by atoms with Crippen LogP contribution in [-0.4, -0.2) is 9.13 Å². The van der Waals surface area contributed by atoms with E-state index >= 15 is 0 Å². The third kappa shape index (κ3) is 2.61. The molecule has 0 N–H and O–H groups in total. The van der Waals surface area contributed by atoms with Crippen LogP contribution >= 0.6 is 0 Å². The van der Waals surface area contributed by atoms with E-state index < -0.39 is 0 Å². The number of fused-ring (bicyclic) bond motifs is 6. The summed E-state index contributed by atoms with van der Waals surface area (Å²) in [6, 6.07) is 39.1. The molecule has 7 aromatic rings. The summed E-state index contributed by atoms with van der Waals surface area (Å²) in [4.78, 5) is 3.93. The molecule has 0 aliphatic heterocycles. The van der Waals surface area contributed by atoms with Gasteiger partial charge in [-0.25, -0.2) is 4.85 Å². The molecule has 7 rings (SSSR count). The van der Waals surface area contributed by atoms with Gasteiger partial charge in [-0.05, 0) is 36.4 Å². The maximum absolute atomic E-state index is 10.4. The molecule has 0 spiro atoms. The summed E-state index contributed by atoms with van der Waals surface area (Å²) in [7, 11) is 0. The number of para-hydroxylation sites is 4. The molecule has 0 unspecified atom stereocenters. The van der Waals surface area contributed by atoms with Gasteiger partial charge in [-0.3, -0.25) is 0 Å². The van der Waals surface area contributed by atoms with Crippen molar-refractivity contribution in [2.24, 2.45) is 0 Å². The number of rotatable bonds is 2. The zero-order valence-electron chi connectivity index (χ0n) is 19.2. The number of nitriles is 1. The quantitative estimate of drug-likeness (QED) is 0.240. The lowest BCUT2D eigenvalue weighted by Gasteiger charge is -2.16. The number of aromatic nitrogens is 2. The summed E-state index contributed by atoms with van der Waals surface area (Å²) in [5.74, 6) is 0. The average Bonchev–Trinajstić information content (AvgIpc) is 3.45. The van der Waals surface area contributed by atoms with Crippen molar-refractivity contribution in [2.45, 2.75) is 0 Å². The van der Waals surface area contributed by atoms with E-state index in [1.807, 2.05) is 60.7 Å². The first-order chi connectivity index (χ1) is 17.8. The normalized spacial score (nSPS) is 11.3. The third-order valence-corrected chi connectivity index (χ3v) is 7.00. The average molecular weight is 459 g/mol. The van der Waals surface area contributed by atoms with Crippen LogP contribution in [0.5, 0.6) is 0 Å². The molecule has 2 heterocycles. The van der Waals surface area contributed by atoms with Gasteiger partial charge < -0.3 is 9.13 Å². The van der Waals surface area contributed by atoms with Gasteiger partial charge in [0.1, 0.15) is 0 Å². The van der Waals surface area contributed by atoms with Crippen molar-refractivity contribution >= 4 is 49.3 Å². The van der Waals surface area contributed by atoms with E-state index in [1.165, 1.54) is 0 Å². The molecule has 0 saturated heterocycles. The third-order valence-electron chi connectivity index (χ3n) is 7.00. The van der Waals surface area contributed by atoms with E-state index in [1.54, 1.807) is 0 Å². The van der Waals surface area contributed by atoms with E-state index in [0.29, 0.717) is 22.6 Å². The topological polar surface area (TPSA) is 38.0 Å². The van der Waals surface area contributed by atoms with Gasteiger partial charge in [0.05, 0.1) is 51.6 Å². The van der Waals surface area contributed by atoms with E-state index in [-0.39, 0.29) is 0 Å². The molecule has 0 aliphatic rings. The second-order valence-electron chi connectivity index (χ2n) is 8.79. The first-order valence-corrected chi connectivity index (χ1v) is 11.7. The van der Waals surface area contributed by atoms with Crippen LogP contribution in [0.3, 0.4) is 0 Å². The van der Waals surface area contributed by atoms with Crippen LogP contribution in [0.4, 0.5) is 5.69 Å². The zero-order chi connectivity index (χ0) is 24.2. The smallest absolute Gasteiger partial charge is 0.230 e. The van der Waals surface area contributed by atoms with E-state index in [0.717, 1.165) is 43.6 Å². The first kappa shape index (κ1) is 20.1. The van der Waals surface area contributed by atoms with E-state index in [4.69, 9.17) is 6.57 Å². The predicted octanol–water partition coefficient (Wildman–Crippen LogP) is 8.30. The predicted molar refractivity (Wildman–Crippen MR) is 146 cm³/mol. The molecule has 0 amide bonds. The minimum atomic E-state index is 0.350. The summed E-state index contributed by atoms with van der Waals surface area (Å²) in [5, 5.41) is 14.9. The van der Waals surface area contributed by atoms with Crippen LogP contribution in [0.15, 0.2) is 109 Å². The molecule has 0 atom stereocenters. The van der Waals surface area contributed by atoms with Crippen LogP contribution in [0.2, 0.25) is 0 Å². The highest BCUT2D eigenvalue weighted by atomic mass is 15.0. The Hall–Kier alpha value is -5.32. The molecule has 0 saturated carbocycles. The molecule has 0 radical (unpaired) electrons. The van der Waals surface area contributed by atoms with Gasteiger partial charge in [0.2, 0.25) is 5.69 Å². The minimum Gasteiger partial charge on any atom is -0.319 e. The molecule has 0 aliphatic carbocycles. The Kier molecular flexibility index (Phi) is 4.24. The van der Waals surface area contributed by atoms with Gasteiger partial charge in [0.25, 0.3) is 0 Å². The Morgan fingerprint density at radius 3 is 1.28 bits per heavy atom. The summed E-state index contributed by atoms with van der Waals surface area (Å²) in [6.07, 6.45) is 0. The molecule has 4 heteroatoms. The molecule has 166 valence electrons. The van der Waals surface area contributed by atoms with Crippen molar-refractivity contribution < 1.29 is 0 Å². The lowest BCUT2D eigenvalue weighted by molar-refractivity contribution is 1.14. The number of hydrogen-bond acceptors (Lipinski definition) is 1. The SMILES string of the molecule is [C-]#[N+]c1c(-n2c3ccccc3c3ccccc32)ccc(-n2c3ccccc3c3ccccc32)c1C#N. The second kappa shape index (κ2) is 7.60. The van der Waals surface area contributed by atoms with Crippen molar-refractivity contribution in [3.63, 3.8) is 0 Å². The fraction of sp³-hybridized carbons (Fsp3) is 0. The summed E-state index contributed by atoms with van der Waals surface area (Å²) in [6.45, 7) is 8.15. The largest absolute Gasteiger partial charge is 0.319 e. The number of benzene rings is 5. The molecule has 36 heavy (non-hydrogen) atoms. The Balaban J connectivity index is 1.60. The van der Waals surface area contributed by atoms with Gasteiger partial charge >= 0.3 is 0 Å². The summed E-state index contributed by atoms with van der Waals surface area (Å²) < 4.78 is 4.21. The second-order valence-corrected chi connectivity index (χ2v) is 8.79. The monoisotopic (exact) mass is 458 g/mol. The van der Waals surface area contributed by atoms with Gasteiger partial charge in [0, 0.05) is 21.5 Å². The highest BCUT2D eigenvalue weighted by molar-refractivity contribution is 6.11. The van der Waals surface area contributed by atoms with E-state index in [2.05, 4.69) is 68.6 Å². The van der Waals surface area contributed by atoms with Crippen LogP contribution in [0, 0.1) is 17.9 Å². The zero-order valence-corrected chi connectivity index (χ0v) is 19.2. The standard InChI is InChI=1S/C32H18N4/c1-34-32-25(20-33)30(35-26-14-6-2-10-21(26)22-11-3-7-15-27(22)35)18-19-31(32)36-28-16-8-4-12-23(28)24-13-5-9-17-29(24)36/h2-19H. The lowest BCUT2D eigenvalue weighted by atomic mass is 10.1. The lowest BCUT2D eigenvalue weighted by Crippen LogP contribution is -2.01. The highest BCUT2D eigenvalue weighted by Crippen LogP contribution is 2.40. The summed E-state index contributed by atoms with van der Waals surface area (Å²) >= 11 is 0. The Morgan fingerprint density at radius 2 is 0.889 bits per heavy atom. The minimum absolute atomic E-state index is 0.350. The van der Waals surface area contributed by atoms with Crippen LogP contribution < -0.4 is 0 Å². The molecule has 0 bridgehead atoms. The van der Waals surface area contributed by atoms with Crippen molar-refractivity contribution in [3.8, 4) is 17.4 Å². The molecule has 2 aromatic heterocycles. The van der Waals surface area contributed by atoms with Crippen molar-refractivity contribution in [1.82, 2.24) is 9.13 Å². The van der Waals surface area contributed by atoms with Crippen molar-refractivity contribution in [2.75, 3.05) is 0 Å². The number of nitrogens with zero attached hydrogens (tertiary/aromatic N) is 4. The fourth-order valence-corrected chi connectivity index (χ4v) is 5.52. The first-order valence-electron chi connectivity index (χ1n) is 11.7. The molecular formula is C32H18N4. The van der Waals surface area contributed by atoms with Crippen LogP contribution in [-0.2, 0) is 0 Å². The summed E-state index contributed by atoms with van der Waals surface area (Å²) in [5.41, 5.74) is 6.19. The van der Waals surface area contributed by atoms with Crippen molar-refractivity contribution in [3.05, 3.63) is 126 Å². The van der Waals surface area contributed by atoms with E-state index in [9.17, 15) is 5.26 Å². The van der Waals surface area contributed by atoms with Gasteiger partial charge in [-0.1, -0.05) is 72.8 Å². The fourth-order valence-electron chi connectivity index (χ4n) is 5.52. The van der Waals surface area contributed by atoms with Crippen LogP contribution in [0.1, 0.15) is 5.56 Å². The Morgan fingerprint density at radius 1 is 0.528 bits per heavy atom. The van der Waals surface area contributed by atoms with Gasteiger partial charge in [-0.2, -0.15) is 5.26 Å². The van der Waals surface area contributed by atoms with Crippen LogP contribution in [0.25, 0.3) is 59.8 Å². The number of hydrogen-bond donors (Lipinski definition) is 0. The maximum Gasteiger partial charge on any atom is 0.230 e. The Bertz CT molecular complexity index is 1820. The highest BCUT2D eigenvalue weighted by Gasteiger charge is 2.22.